The molecule has 0 spiro atoms. The highest BCUT2D eigenvalue weighted by atomic mass is 16.7. The highest BCUT2D eigenvalue weighted by Gasteiger charge is 2.42. The standard InChI is InChI=1S/C30H30N2O6/c1-16-26(30(35)38-21-7-2-3-8-21)27(18-5-4-6-19(11-18)29(31)34)28-22(32-16)12-20(13-23(28)33)17-9-10-24-25(14-17)37-15-36-24/h4-6,9-11,14,20-21,27,32H,2-3,7-8,12-13,15H2,1H3,(H2,31,34). The summed E-state index contributed by atoms with van der Waals surface area (Å²) in [7, 11) is 0. The van der Waals surface area contributed by atoms with Crippen molar-refractivity contribution in [1.82, 2.24) is 5.32 Å². The highest BCUT2D eigenvalue weighted by molar-refractivity contribution is 6.04. The third kappa shape index (κ3) is 4.34. The summed E-state index contributed by atoms with van der Waals surface area (Å²) in [4.78, 5) is 39.4. The van der Waals surface area contributed by atoms with Crippen molar-refractivity contribution in [2.45, 2.75) is 63.4 Å². The van der Waals surface area contributed by atoms with Gasteiger partial charge in [0, 0.05) is 34.9 Å². The zero-order valence-corrected chi connectivity index (χ0v) is 21.3. The smallest absolute Gasteiger partial charge is 0.337 e. The molecule has 6 rings (SSSR count). The molecule has 2 aliphatic heterocycles. The summed E-state index contributed by atoms with van der Waals surface area (Å²) in [6, 6.07) is 12.7. The second-order valence-corrected chi connectivity index (χ2v) is 10.4. The first-order chi connectivity index (χ1) is 18.4. The average Bonchev–Trinajstić information content (AvgIpc) is 3.59. The van der Waals surface area contributed by atoms with Crippen LogP contribution in [0.4, 0.5) is 0 Å². The molecule has 2 aliphatic carbocycles. The number of esters is 1. The molecule has 4 aliphatic rings. The lowest BCUT2D eigenvalue weighted by Gasteiger charge is -2.37. The Kier molecular flexibility index (Phi) is 6.18. The number of ether oxygens (including phenoxy) is 3. The molecule has 1 fully saturated rings. The van der Waals surface area contributed by atoms with Gasteiger partial charge in [-0.05, 0) is 80.3 Å². The Labute approximate surface area is 220 Å². The summed E-state index contributed by atoms with van der Waals surface area (Å²) in [6.07, 6.45) is 4.52. The molecule has 0 saturated heterocycles. The summed E-state index contributed by atoms with van der Waals surface area (Å²) in [5.74, 6) is -0.359. The summed E-state index contributed by atoms with van der Waals surface area (Å²) in [5, 5.41) is 3.38. The zero-order chi connectivity index (χ0) is 26.4. The maximum absolute atomic E-state index is 13.8. The molecule has 1 saturated carbocycles. The Morgan fingerprint density at radius 3 is 2.58 bits per heavy atom. The van der Waals surface area contributed by atoms with E-state index >= 15 is 0 Å². The molecule has 8 heteroatoms. The topological polar surface area (TPSA) is 117 Å². The molecule has 2 atom stereocenters. The lowest BCUT2D eigenvalue weighted by Crippen LogP contribution is -2.36. The van der Waals surface area contributed by atoms with Gasteiger partial charge in [-0.1, -0.05) is 18.2 Å². The van der Waals surface area contributed by atoms with E-state index in [9.17, 15) is 14.4 Å². The molecule has 0 bridgehead atoms. The van der Waals surface area contributed by atoms with Crippen LogP contribution in [-0.2, 0) is 14.3 Å². The number of allylic oxidation sites excluding steroid dienone is 3. The molecule has 196 valence electrons. The fourth-order valence-electron chi connectivity index (χ4n) is 6.14. The number of benzene rings is 2. The number of amides is 1. The summed E-state index contributed by atoms with van der Waals surface area (Å²) < 4.78 is 16.9. The molecule has 1 amide bonds. The molecule has 2 aromatic rings. The predicted molar refractivity (Wildman–Crippen MR) is 138 cm³/mol. The molecule has 38 heavy (non-hydrogen) atoms. The molecule has 2 heterocycles. The molecule has 2 aromatic carbocycles. The molecule has 8 nitrogen and oxygen atoms in total. The molecular weight excluding hydrogens is 484 g/mol. The van der Waals surface area contributed by atoms with Crippen molar-refractivity contribution in [2.75, 3.05) is 6.79 Å². The number of nitrogens with one attached hydrogen (secondary N) is 1. The van der Waals surface area contributed by atoms with Gasteiger partial charge in [0.25, 0.3) is 0 Å². The van der Waals surface area contributed by atoms with Gasteiger partial charge in [0.1, 0.15) is 6.10 Å². The lowest BCUT2D eigenvalue weighted by atomic mass is 9.71. The van der Waals surface area contributed by atoms with Crippen molar-refractivity contribution < 1.29 is 28.6 Å². The monoisotopic (exact) mass is 514 g/mol. The van der Waals surface area contributed by atoms with Gasteiger partial charge in [-0.2, -0.15) is 0 Å². The SMILES string of the molecule is CC1=C(C(=O)OC2CCCC2)C(c2cccc(C(N)=O)c2)C2=C(CC(c3ccc4c(c3)OCO4)CC2=O)N1. The van der Waals surface area contributed by atoms with E-state index in [1.165, 1.54) is 0 Å². The average molecular weight is 515 g/mol. The second kappa shape index (κ2) is 9.67. The Bertz CT molecular complexity index is 1400. The van der Waals surface area contributed by atoms with Crippen molar-refractivity contribution in [3.05, 3.63) is 81.7 Å². The van der Waals surface area contributed by atoms with E-state index in [0.29, 0.717) is 45.9 Å². The van der Waals surface area contributed by atoms with Crippen molar-refractivity contribution >= 4 is 17.7 Å². The predicted octanol–water partition coefficient (Wildman–Crippen LogP) is 4.36. The van der Waals surface area contributed by atoms with Crippen LogP contribution in [0.5, 0.6) is 11.5 Å². The number of ketones is 1. The number of carbonyl (C=O) groups excluding carboxylic acids is 3. The van der Waals surface area contributed by atoms with E-state index in [2.05, 4.69) is 5.32 Å². The first kappa shape index (κ1) is 24.3. The Morgan fingerprint density at radius 2 is 1.79 bits per heavy atom. The normalized spacial score (nSPS) is 22.8. The van der Waals surface area contributed by atoms with Gasteiger partial charge in [-0.25, -0.2) is 4.79 Å². The maximum Gasteiger partial charge on any atom is 0.337 e. The number of primary amides is 1. The van der Waals surface area contributed by atoms with Crippen LogP contribution in [0.2, 0.25) is 0 Å². The number of carbonyl (C=O) groups is 3. The molecule has 2 unspecified atom stereocenters. The largest absolute Gasteiger partial charge is 0.459 e. The number of rotatable bonds is 5. The number of hydrogen-bond donors (Lipinski definition) is 2. The van der Waals surface area contributed by atoms with E-state index in [1.54, 1.807) is 18.2 Å². The fraction of sp³-hybridized carbons (Fsp3) is 0.367. The number of nitrogens with two attached hydrogens (primary N) is 1. The summed E-state index contributed by atoms with van der Waals surface area (Å²) in [6.45, 7) is 2.03. The third-order valence-corrected chi connectivity index (χ3v) is 8.00. The van der Waals surface area contributed by atoms with Crippen molar-refractivity contribution in [1.29, 1.82) is 0 Å². The van der Waals surface area contributed by atoms with Gasteiger partial charge < -0.3 is 25.3 Å². The number of hydrogen-bond acceptors (Lipinski definition) is 7. The van der Waals surface area contributed by atoms with Crippen LogP contribution in [0.15, 0.2) is 65.0 Å². The fourth-order valence-corrected chi connectivity index (χ4v) is 6.14. The van der Waals surface area contributed by atoms with Crippen LogP contribution in [0.1, 0.15) is 78.8 Å². The lowest BCUT2D eigenvalue weighted by molar-refractivity contribution is -0.144. The second-order valence-electron chi connectivity index (χ2n) is 10.4. The number of fused-ring (bicyclic) bond motifs is 1. The van der Waals surface area contributed by atoms with Gasteiger partial charge in [-0.3, -0.25) is 9.59 Å². The van der Waals surface area contributed by atoms with Crippen molar-refractivity contribution in [2.24, 2.45) is 5.73 Å². The van der Waals surface area contributed by atoms with Crippen LogP contribution in [0.25, 0.3) is 0 Å². The van der Waals surface area contributed by atoms with Crippen molar-refractivity contribution in [3.8, 4) is 11.5 Å². The third-order valence-electron chi connectivity index (χ3n) is 8.00. The Morgan fingerprint density at radius 1 is 1.00 bits per heavy atom. The van der Waals surface area contributed by atoms with Crippen LogP contribution in [0.3, 0.4) is 0 Å². The summed E-state index contributed by atoms with van der Waals surface area (Å²) in [5.41, 5.74) is 9.96. The van der Waals surface area contributed by atoms with Gasteiger partial charge in [0.2, 0.25) is 12.7 Å². The first-order valence-electron chi connectivity index (χ1n) is 13.1. The van der Waals surface area contributed by atoms with Crippen LogP contribution in [0, 0.1) is 0 Å². The molecule has 3 N–H and O–H groups in total. The quantitative estimate of drug-likeness (QED) is 0.570. The minimum absolute atomic E-state index is 0.0467. The number of Topliss-reactive ketones (excluding diaryl/α,β-unsaturated/α-hetero) is 1. The van der Waals surface area contributed by atoms with Gasteiger partial charge in [-0.15, -0.1) is 0 Å². The van der Waals surface area contributed by atoms with Crippen molar-refractivity contribution in [3.63, 3.8) is 0 Å². The molecule has 0 radical (unpaired) electrons. The first-order valence-corrected chi connectivity index (χ1v) is 13.1. The number of dihydropyridines is 1. The minimum atomic E-state index is -0.648. The van der Waals surface area contributed by atoms with Gasteiger partial charge >= 0.3 is 5.97 Å². The Balaban J connectivity index is 1.39. The summed E-state index contributed by atoms with van der Waals surface area (Å²) >= 11 is 0. The van der Waals surface area contributed by atoms with E-state index in [-0.39, 0.29) is 31.0 Å². The van der Waals surface area contributed by atoms with Crippen LogP contribution < -0.4 is 20.5 Å². The van der Waals surface area contributed by atoms with E-state index < -0.39 is 17.8 Å². The maximum atomic E-state index is 13.8. The van der Waals surface area contributed by atoms with E-state index in [1.807, 2.05) is 31.2 Å². The van der Waals surface area contributed by atoms with E-state index in [0.717, 1.165) is 36.9 Å². The molecule has 0 aromatic heterocycles. The van der Waals surface area contributed by atoms with Gasteiger partial charge in [0.05, 0.1) is 5.57 Å². The minimum Gasteiger partial charge on any atom is -0.459 e. The van der Waals surface area contributed by atoms with Crippen LogP contribution >= 0.6 is 0 Å². The Hall–Kier alpha value is -4.07. The van der Waals surface area contributed by atoms with Gasteiger partial charge in [0.15, 0.2) is 17.3 Å². The molecular formula is C30H30N2O6. The van der Waals surface area contributed by atoms with E-state index in [4.69, 9.17) is 19.9 Å². The zero-order valence-electron chi connectivity index (χ0n) is 21.3. The highest BCUT2D eigenvalue weighted by Crippen LogP contribution is 2.47. The van der Waals surface area contributed by atoms with Crippen LogP contribution in [-0.4, -0.2) is 30.6 Å².